The van der Waals surface area contributed by atoms with Crippen molar-refractivity contribution in [3.05, 3.63) is 41.3 Å². The van der Waals surface area contributed by atoms with Gasteiger partial charge in [-0.15, -0.1) is 16.5 Å². The Bertz CT molecular complexity index is 831. The first kappa shape index (κ1) is 12.8. The molecule has 1 aromatic carbocycles. The largest absolute Gasteiger partial charge is 0.318 e. The Morgan fingerprint density at radius 3 is 2.95 bits per heavy atom. The zero-order valence-electron chi connectivity index (χ0n) is 11.4. The summed E-state index contributed by atoms with van der Waals surface area (Å²) < 4.78 is 0. The Hall–Kier alpha value is -1.92. The summed E-state index contributed by atoms with van der Waals surface area (Å²) in [6, 6.07) is 12.5. The molecule has 3 aromatic rings. The Labute approximate surface area is 131 Å². The van der Waals surface area contributed by atoms with Crippen LogP contribution in [0.2, 0.25) is 0 Å². The third-order valence-corrected chi connectivity index (χ3v) is 5.02. The molecular formula is C15H12N4S2. The number of nitrogens with zero attached hydrogens (tertiary/aromatic N) is 4. The maximum absolute atomic E-state index is 5.22. The molecule has 0 fully saturated rings. The van der Waals surface area contributed by atoms with Gasteiger partial charge in [-0.2, -0.15) is 5.11 Å². The number of rotatable bonds is 2. The molecule has 0 bridgehead atoms. The van der Waals surface area contributed by atoms with Crippen LogP contribution in [0.1, 0.15) is 18.0 Å². The van der Waals surface area contributed by atoms with Crippen LogP contribution in [0, 0.1) is 0 Å². The molecule has 1 atom stereocenters. The molecule has 3 heterocycles. The van der Waals surface area contributed by atoms with Gasteiger partial charge in [-0.05, 0) is 37.3 Å². The summed E-state index contributed by atoms with van der Waals surface area (Å²) in [6.45, 7) is 2.87. The zero-order valence-corrected chi connectivity index (χ0v) is 13.0. The van der Waals surface area contributed by atoms with E-state index in [4.69, 9.17) is 17.2 Å². The summed E-state index contributed by atoms with van der Waals surface area (Å²) in [5.74, 6) is 0. The van der Waals surface area contributed by atoms with Crippen LogP contribution in [0.25, 0.3) is 21.1 Å². The maximum Gasteiger partial charge on any atom is 0.218 e. The van der Waals surface area contributed by atoms with Gasteiger partial charge < -0.3 is 4.90 Å². The minimum atomic E-state index is -0.0928. The minimum absolute atomic E-state index is 0.0928. The van der Waals surface area contributed by atoms with Crippen LogP contribution in [0.3, 0.4) is 0 Å². The molecule has 2 aromatic heterocycles. The lowest BCUT2D eigenvalue weighted by Gasteiger charge is -2.19. The van der Waals surface area contributed by atoms with E-state index in [0.717, 1.165) is 32.5 Å². The summed E-state index contributed by atoms with van der Waals surface area (Å²) in [5, 5.41) is 11.2. The first-order valence-corrected chi connectivity index (χ1v) is 7.99. The molecular weight excluding hydrogens is 300 g/mol. The summed E-state index contributed by atoms with van der Waals surface area (Å²) in [4.78, 5) is 8.93. The molecule has 6 heteroatoms. The van der Waals surface area contributed by atoms with Crippen LogP contribution in [0.4, 0.5) is 0 Å². The molecule has 0 spiro atoms. The summed E-state index contributed by atoms with van der Waals surface area (Å²) in [6.07, 6.45) is -0.0928. The number of benzene rings is 1. The molecule has 4 nitrogen and oxygen atoms in total. The molecule has 0 aliphatic carbocycles. The average Bonchev–Trinajstić information content (AvgIpc) is 3.07. The normalized spacial score (nSPS) is 18.2. The summed E-state index contributed by atoms with van der Waals surface area (Å²) in [5.41, 5.74) is 1.02. The standard InChI is InChI=1S/C15H12N4S2/c1-2-19-13(17-18-15(19)20)12-8-10-7-9-5-3-4-6-11(9)16-14(10)21-12/h3-8,13H,2H2,1H3. The Balaban J connectivity index is 1.85. The highest BCUT2D eigenvalue weighted by atomic mass is 32.1. The first-order chi connectivity index (χ1) is 10.3. The third-order valence-electron chi connectivity index (χ3n) is 3.62. The van der Waals surface area contributed by atoms with Gasteiger partial charge in [0, 0.05) is 17.3 Å². The molecule has 0 amide bonds. The highest BCUT2D eigenvalue weighted by Crippen LogP contribution is 2.36. The average molecular weight is 312 g/mol. The van der Waals surface area contributed by atoms with Crippen molar-refractivity contribution < 1.29 is 0 Å². The number of hydrogen-bond donors (Lipinski definition) is 0. The number of fused-ring (bicyclic) bond motifs is 2. The minimum Gasteiger partial charge on any atom is -0.318 e. The van der Waals surface area contributed by atoms with E-state index in [1.165, 1.54) is 0 Å². The van der Waals surface area contributed by atoms with Crippen LogP contribution in [-0.4, -0.2) is 21.5 Å². The van der Waals surface area contributed by atoms with Crippen molar-refractivity contribution in [3.63, 3.8) is 0 Å². The molecule has 1 aliphatic heterocycles. The number of pyridine rings is 1. The number of thiocarbonyl (C=S) groups is 1. The van der Waals surface area contributed by atoms with Gasteiger partial charge in [0.15, 0.2) is 6.17 Å². The number of para-hydroxylation sites is 1. The van der Waals surface area contributed by atoms with E-state index in [2.05, 4.69) is 35.4 Å². The van der Waals surface area contributed by atoms with Gasteiger partial charge in [0.05, 0.1) is 10.4 Å². The van der Waals surface area contributed by atoms with E-state index in [1.54, 1.807) is 11.3 Å². The van der Waals surface area contributed by atoms with Gasteiger partial charge in [0.2, 0.25) is 5.11 Å². The Morgan fingerprint density at radius 1 is 1.24 bits per heavy atom. The Kier molecular flexibility index (Phi) is 2.94. The summed E-state index contributed by atoms with van der Waals surface area (Å²) >= 11 is 6.89. The number of azo groups is 1. The van der Waals surface area contributed by atoms with Crippen molar-refractivity contribution in [2.45, 2.75) is 13.1 Å². The van der Waals surface area contributed by atoms with Gasteiger partial charge in [-0.1, -0.05) is 18.2 Å². The predicted octanol–water partition coefficient (Wildman–Crippen LogP) is 4.52. The van der Waals surface area contributed by atoms with Gasteiger partial charge >= 0.3 is 0 Å². The van der Waals surface area contributed by atoms with Crippen molar-refractivity contribution in [1.29, 1.82) is 0 Å². The van der Waals surface area contributed by atoms with Gasteiger partial charge in [-0.25, -0.2) is 4.98 Å². The Morgan fingerprint density at radius 2 is 2.10 bits per heavy atom. The fourth-order valence-corrected chi connectivity index (χ4v) is 3.91. The molecule has 1 aliphatic rings. The van der Waals surface area contributed by atoms with Gasteiger partial charge in [-0.3, -0.25) is 0 Å². The molecule has 0 saturated carbocycles. The molecule has 0 N–H and O–H groups in total. The van der Waals surface area contributed by atoms with E-state index >= 15 is 0 Å². The third kappa shape index (κ3) is 2.02. The lowest BCUT2D eigenvalue weighted by molar-refractivity contribution is 0.369. The predicted molar refractivity (Wildman–Crippen MR) is 89.7 cm³/mol. The van der Waals surface area contributed by atoms with Gasteiger partial charge in [0.1, 0.15) is 4.83 Å². The second kappa shape index (κ2) is 4.82. The first-order valence-electron chi connectivity index (χ1n) is 6.77. The van der Waals surface area contributed by atoms with E-state index in [-0.39, 0.29) is 6.17 Å². The van der Waals surface area contributed by atoms with Crippen molar-refractivity contribution in [2.24, 2.45) is 10.2 Å². The smallest absolute Gasteiger partial charge is 0.218 e. The van der Waals surface area contributed by atoms with Crippen molar-refractivity contribution >= 4 is 49.8 Å². The quantitative estimate of drug-likeness (QED) is 0.653. The molecule has 21 heavy (non-hydrogen) atoms. The lowest BCUT2D eigenvalue weighted by atomic mass is 10.2. The lowest BCUT2D eigenvalue weighted by Crippen LogP contribution is -2.26. The second-order valence-corrected chi connectivity index (χ2v) is 6.31. The topological polar surface area (TPSA) is 40.9 Å². The number of aromatic nitrogens is 1. The molecule has 1 unspecified atom stereocenters. The SMILES string of the molecule is CCN1C(=S)N=NC1c1cc2cc3ccccc3nc2s1. The number of hydrogen-bond acceptors (Lipinski definition) is 4. The van der Waals surface area contributed by atoms with Crippen LogP contribution in [0.5, 0.6) is 0 Å². The summed E-state index contributed by atoms with van der Waals surface area (Å²) in [7, 11) is 0. The van der Waals surface area contributed by atoms with Crippen molar-refractivity contribution in [1.82, 2.24) is 9.88 Å². The van der Waals surface area contributed by atoms with Gasteiger partial charge in [0.25, 0.3) is 0 Å². The molecule has 0 saturated heterocycles. The fraction of sp³-hybridized carbons (Fsp3) is 0.200. The molecule has 4 rings (SSSR count). The zero-order chi connectivity index (χ0) is 14.4. The van der Waals surface area contributed by atoms with Crippen LogP contribution in [-0.2, 0) is 0 Å². The maximum atomic E-state index is 5.22. The van der Waals surface area contributed by atoms with Crippen molar-refractivity contribution in [3.8, 4) is 0 Å². The van der Waals surface area contributed by atoms with E-state index in [0.29, 0.717) is 5.11 Å². The highest BCUT2D eigenvalue weighted by molar-refractivity contribution is 7.80. The monoisotopic (exact) mass is 312 g/mol. The van der Waals surface area contributed by atoms with Crippen LogP contribution >= 0.6 is 23.6 Å². The van der Waals surface area contributed by atoms with Crippen LogP contribution < -0.4 is 0 Å². The van der Waals surface area contributed by atoms with E-state index in [1.807, 2.05) is 23.1 Å². The van der Waals surface area contributed by atoms with Crippen molar-refractivity contribution in [2.75, 3.05) is 6.54 Å². The van der Waals surface area contributed by atoms with E-state index in [9.17, 15) is 0 Å². The molecule has 0 radical (unpaired) electrons. The highest BCUT2D eigenvalue weighted by Gasteiger charge is 2.28. The van der Waals surface area contributed by atoms with Crippen LogP contribution in [0.15, 0.2) is 46.6 Å². The molecule has 104 valence electrons. The second-order valence-electron chi connectivity index (χ2n) is 4.88. The fourth-order valence-electron chi connectivity index (χ4n) is 2.57. The number of thiophene rings is 1. The van der Waals surface area contributed by atoms with E-state index < -0.39 is 0 Å².